The van der Waals surface area contributed by atoms with Crippen LogP contribution in [0.5, 0.6) is 0 Å². The van der Waals surface area contributed by atoms with Crippen molar-refractivity contribution in [1.29, 1.82) is 0 Å². The predicted molar refractivity (Wildman–Crippen MR) is 53.0 cm³/mol. The Morgan fingerprint density at radius 3 is 2.70 bits per heavy atom. The largest absolute Gasteiger partial charge is 0.386 e. The van der Waals surface area contributed by atoms with Gasteiger partial charge in [-0.05, 0) is 40.2 Å². The van der Waals surface area contributed by atoms with Gasteiger partial charge in [0.1, 0.15) is 0 Å². The average Bonchev–Trinajstić information content (AvgIpc) is 1.88. The molecular formula is C8H12IN. The lowest BCUT2D eigenvalue weighted by Gasteiger charge is -2.13. The lowest BCUT2D eigenvalue weighted by atomic mass is 10.0. The molecule has 2 heteroatoms. The van der Waals surface area contributed by atoms with Gasteiger partial charge in [-0.25, -0.2) is 0 Å². The highest BCUT2D eigenvalue weighted by molar-refractivity contribution is 14.1. The standard InChI is InChI=1S/C8H12IN/c1-6(2)7-3-8(9)5-10-4-7/h3-4,6,10H,5H2,1-2H3. The van der Waals surface area contributed by atoms with Crippen LogP contribution in [0, 0.1) is 5.92 Å². The third kappa shape index (κ3) is 2.01. The number of hydrogen-bond donors (Lipinski definition) is 1. The van der Waals surface area contributed by atoms with Gasteiger partial charge in [0.25, 0.3) is 0 Å². The van der Waals surface area contributed by atoms with Crippen LogP contribution in [0.4, 0.5) is 0 Å². The number of rotatable bonds is 1. The second kappa shape index (κ2) is 3.42. The molecule has 0 bridgehead atoms. The smallest absolute Gasteiger partial charge is 0.0453 e. The number of dihydropyridines is 1. The van der Waals surface area contributed by atoms with Gasteiger partial charge in [0.05, 0.1) is 0 Å². The minimum absolute atomic E-state index is 0.637. The van der Waals surface area contributed by atoms with Crippen LogP contribution in [0.1, 0.15) is 13.8 Å². The molecule has 0 aromatic rings. The molecule has 0 amide bonds. The van der Waals surface area contributed by atoms with Crippen LogP contribution in [0.15, 0.2) is 21.4 Å². The Morgan fingerprint density at radius 2 is 2.30 bits per heavy atom. The number of halogens is 1. The fraction of sp³-hybridized carbons (Fsp3) is 0.500. The van der Waals surface area contributed by atoms with Gasteiger partial charge in [-0.1, -0.05) is 13.8 Å². The molecule has 1 rings (SSSR count). The molecule has 0 saturated carbocycles. The van der Waals surface area contributed by atoms with Gasteiger partial charge >= 0.3 is 0 Å². The molecule has 1 N–H and O–H groups in total. The molecule has 0 unspecified atom stereocenters. The number of hydrogen-bond acceptors (Lipinski definition) is 1. The third-order valence-electron chi connectivity index (χ3n) is 1.53. The molecule has 0 aromatic carbocycles. The zero-order valence-electron chi connectivity index (χ0n) is 6.32. The summed E-state index contributed by atoms with van der Waals surface area (Å²) >= 11 is 2.36. The van der Waals surface area contributed by atoms with E-state index >= 15 is 0 Å². The van der Waals surface area contributed by atoms with E-state index < -0.39 is 0 Å². The molecule has 10 heavy (non-hydrogen) atoms. The monoisotopic (exact) mass is 249 g/mol. The molecule has 0 radical (unpaired) electrons. The lowest BCUT2D eigenvalue weighted by molar-refractivity contribution is 0.764. The Bertz CT molecular complexity index is 180. The first-order chi connectivity index (χ1) is 4.70. The molecule has 1 heterocycles. The van der Waals surface area contributed by atoms with Gasteiger partial charge in [-0.15, -0.1) is 0 Å². The van der Waals surface area contributed by atoms with Crippen molar-refractivity contribution >= 4 is 22.6 Å². The summed E-state index contributed by atoms with van der Waals surface area (Å²) in [4.78, 5) is 0. The van der Waals surface area contributed by atoms with Gasteiger partial charge < -0.3 is 5.32 Å². The molecule has 0 saturated heterocycles. The minimum Gasteiger partial charge on any atom is -0.386 e. The van der Waals surface area contributed by atoms with E-state index in [0.29, 0.717) is 5.92 Å². The van der Waals surface area contributed by atoms with Gasteiger partial charge in [0, 0.05) is 16.3 Å². The summed E-state index contributed by atoms with van der Waals surface area (Å²) in [6.07, 6.45) is 4.36. The van der Waals surface area contributed by atoms with Crippen molar-refractivity contribution in [2.45, 2.75) is 13.8 Å². The maximum atomic E-state index is 3.23. The summed E-state index contributed by atoms with van der Waals surface area (Å²) in [5.74, 6) is 0.637. The van der Waals surface area contributed by atoms with Crippen molar-refractivity contribution in [3.05, 3.63) is 21.4 Å². The molecule has 0 aromatic heterocycles. The zero-order chi connectivity index (χ0) is 7.56. The van der Waals surface area contributed by atoms with Crippen molar-refractivity contribution in [3.63, 3.8) is 0 Å². The van der Waals surface area contributed by atoms with E-state index in [1.54, 1.807) is 0 Å². The Balaban J connectivity index is 2.69. The molecule has 56 valence electrons. The van der Waals surface area contributed by atoms with Crippen LogP contribution in [-0.2, 0) is 0 Å². The quantitative estimate of drug-likeness (QED) is 0.704. The number of allylic oxidation sites excluding steroid dienone is 2. The molecule has 0 spiro atoms. The average molecular weight is 249 g/mol. The van der Waals surface area contributed by atoms with E-state index in [1.165, 1.54) is 9.15 Å². The van der Waals surface area contributed by atoms with Crippen LogP contribution in [-0.4, -0.2) is 6.54 Å². The SMILES string of the molecule is CC(C)C1=CNCC(I)=C1. The van der Waals surface area contributed by atoms with Crippen LogP contribution < -0.4 is 5.32 Å². The van der Waals surface area contributed by atoms with Crippen molar-refractivity contribution in [2.75, 3.05) is 6.54 Å². The molecule has 1 aliphatic heterocycles. The van der Waals surface area contributed by atoms with Crippen molar-refractivity contribution in [2.24, 2.45) is 5.92 Å². The summed E-state index contributed by atoms with van der Waals surface area (Å²) in [7, 11) is 0. The van der Waals surface area contributed by atoms with E-state index in [9.17, 15) is 0 Å². The molecule has 1 aliphatic rings. The highest BCUT2D eigenvalue weighted by Gasteiger charge is 2.04. The van der Waals surface area contributed by atoms with Crippen molar-refractivity contribution in [3.8, 4) is 0 Å². The minimum atomic E-state index is 0.637. The van der Waals surface area contributed by atoms with Crippen LogP contribution in [0.2, 0.25) is 0 Å². The summed E-state index contributed by atoms with van der Waals surface area (Å²) in [6.45, 7) is 5.41. The Kier molecular flexibility index (Phi) is 2.77. The molecular weight excluding hydrogens is 237 g/mol. The van der Waals surface area contributed by atoms with E-state index in [4.69, 9.17) is 0 Å². The van der Waals surface area contributed by atoms with Gasteiger partial charge in [0.2, 0.25) is 0 Å². The molecule has 0 atom stereocenters. The van der Waals surface area contributed by atoms with E-state index in [0.717, 1.165) is 6.54 Å². The fourth-order valence-corrected chi connectivity index (χ4v) is 1.45. The first kappa shape index (κ1) is 8.11. The molecule has 0 aliphatic carbocycles. The van der Waals surface area contributed by atoms with Crippen LogP contribution in [0.3, 0.4) is 0 Å². The van der Waals surface area contributed by atoms with Crippen molar-refractivity contribution in [1.82, 2.24) is 5.32 Å². The maximum absolute atomic E-state index is 3.23. The third-order valence-corrected chi connectivity index (χ3v) is 2.22. The Labute approximate surface area is 75.7 Å². The van der Waals surface area contributed by atoms with Crippen LogP contribution >= 0.6 is 22.6 Å². The Hall–Kier alpha value is 0.01000. The van der Waals surface area contributed by atoms with Gasteiger partial charge in [0.15, 0.2) is 0 Å². The number of nitrogens with one attached hydrogen (secondary N) is 1. The summed E-state index contributed by atoms with van der Waals surface area (Å²) in [5.41, 5.74) is 1.40. The van der Waals surface area contributed by atoms with Crippen molar-refractivity contribution < 1.29 is 0 Å². The Morgan fingerprint density at radius 1 is 1.60 bits per heavy atom. The zero-order valence-corrected chi connectivity index (χ0v) is 8.47. The van der Waals surface area contributed by atoms with E-state index in [-0.39, 0.29) is 0 Å². The van der Waals surface area contributed by atoms with E-state index in [1.807, 2.05) is 0 Å². The maximum Gasteiger partial charge on any atom is 0.0453 e. The van der Waals surface area contributed by atoms with Gasteiger partial charge in [-0.3, -0.25) is 0 Å². The van der Waals surface area contributed by atoms with Gasteiger partial charge in [-0.2, -0.15) is 0 Å². The highest BCUT2D eigenvalue weighted by atomic mass is 127. The first-order valence-electron chi connectivity index (χ1n) is 3.49. The highest BCUT2D eigenvalue weighted by Crippen LogP contribution is 2.18. The molecule has 0 fully saturated rings. The van der Waals surface area contributed by atoms with E-state index in [2.05, 4.69) is 54.0 Å². The van der Waals surface area contributed by atoms with Crippen LogP contribution in [0.25, 0.3) is 0 Å². The fourth-order valence-electron chi connectivity index (χ4n) is 0.873. The predicted octanol–water partition coefficient (Wildman–Crippen LogP) is 2.45. The summed E-state index contributed by atoms with van der Waals surface area (Å²) in [6, 6.07) is 0. The second-order valence-electron chi connectivity index (χ2n) is 2.77. The summed E-state index contributed by atoms with van der Waals surface area (Å²) in [5, 5.41) is 3.23. The molecule has 1 nitrogen and oxygen atoms in total. The topological polar surface area (TPSA) is 12.0 Å². The summed E-state index contributed by atoms with van der Waals surface area (Å²) < 4.78 is 1.39. The first-order valence-corrected chi connectivity index (χ1v) is 4.57. The second-order valence-corrected chi connectivity index (χ2v) is 4.16. The lowest BCUT2D eigenvalue weighted by Crippen LogP contribution is -2.13. The normalized spacial score (nSPS) is 18.0.